The molecule has 0 heterocycles. The first-order valence-corrected chi connectivity index (χ1v) is 6.49. The largest absolute Gasteiger partial charge is 0.353 e. The maximum atomic E-state index is 5.03. The first kappa shape index (κ1) is 11.6. The molecule has 1 fully saturated rings. The Kier molecular flexibility index (Phi) is 4.34. The summed E-state index contributed by atoms with van der Waals surface area (Å²) in [5, 5.41) is 0. The molecule has 85 valence electrons. The van der Waals surface area contributed by atoms with E-state index in [0.29, 0.717) is 6.04 Å². The van der Waals surface area contributed by atoms with Gasteiger partial charge in [0.05, 0.1) is 0 Å². The Labute approximate surface area is 103 Å². The SMILES string of the molecule is S=[C]N(Cc1ccccc1)C1CCCCC1. The van der Waals surface area contributed by atoms with Crippen LogP contribution >= 0.6 is 12.2 Å². The molecule has 1 saturated carbocycles. The van der Waals surface area contributed by atoms with Crippen LogP contribution in [0.2, 0.25) is 0 Å². The lowest BCUT2D eigenvalue weighted by Crippen LogP contribution is -2.34. The molecule has 1 radical (unpaired) electrons. The standard InChI is InChI=1S/C14H18NS/c16-12-15(14-9-5-2-6-10-14)11-13-7-3-1-4-8-13/h1,3-4,7-8,14H,2,5-6,9-11H2. The van der Waals surface area contributed by atoms with E-state index in [2.05, 4.69) is 40.7 Å². The molecule has 1 nitrogen and oxygen atoms in total. The van der Waals surface area contributed by atoms with Crippen LogP contribution in [0.4, 0.5) is 0 Å². The molecule has 1 aromatic carbocycles. The molecular weight excluding hydrogens is 214 g/mol. The van der Waals surface area contributed by atoms with Gasteiger partial charge in [0.15, 0.2) is 0 Å². The Bertz CT molecular complexity index is 317. The summed E-state index contributed by atoms with van der Waals surface area (Å²) in [5.41, 5.74) is 4.26. The minimum atomic E-state index is 0.617. The molecule has 0 bridgehead atoms. The fourth-order valence-corrected chi connectivity index (χ4v) is 2.62. The summed E-state index contributed by atoms with van der Waals surface area (Å²) >= 11 is 5.03. The van der Waals surface area contributed by atoms with Crippen molar-refractivity contribution in [2.24, 2.45) is 0 Å². The lowest BCUT2D eigenvalue weighted by molar-refractivity contribution is 0.247. The highest BCUT2D eigenvalue weighted by atomic mass is 32.1. The van der Waals surface area contributed by atoms with Crippen molar-refractivity contribution in [3.8, 4) is 0 Å². The predicted molar refractivity (Wildman–Crippen MR) is 71.5 cm³/mol. The summed E-state index contributed by atoms with van der Waals surface area (Å²) in [7, 11) is 0. The van der Waals surface area contributed by atoms with Crippen LogP contribution in [0.1, 0.15) is 37.7 Å². The van der Waals surface area contributed by atoms with E-state index in [1.54, 1.807) is 0 Å². The van der Waals surface area contributed by atoms with E-state index in [-0.39, 0.29) is 0 Å². The molecule has 2 heteroatoms. The van der Waals surface area contributed by atoms with Gasteiger partial charge in [-0.2, -0.15) is 0 Å². The highest BCUT2D eigenvalue weighted by Gasteiger charge is 2.18. The molecule has 16 heavy (non-hydrogen) atoms. The average Bonchev–Trinajstić information content (AvgIpc) is 2.38. The van der Waals surface area contributed by atoms with Gasteiger partial charge >= 0.3 is 0 Å². The van der Waals surface area contributed by atoms with Crippen LogP contribution < -0.4 is 0 Å². The van der Waals surface area contributed by atoms with Crippen molar-refractivity contribution in [1.29, 1.82) is 0 Å². The van der Waals surface area contributed by atoms with E-state index in [0.717, 1.165) is 6.54 Å². The Morgan fingerprint density at radius 1 is 1.12 bits per heavy atom. The van der Waals surface area contributed by atoms with Crippen LogP contribution in [0, 0.1) is 0 Å². The van der Waals surface area contributed by atoms with Crippen LogP contribution in [0.25, 0.3) is 0 Å². The topological polar surface area (TPSA) is 3.24 Å². The van der Waals surface area contributed by atoms with Crippen LogP contribution in [0.15, 0.2) is 30.3 Å². The Hall–Kier alpha value is -0.890. The molecule has 0 aliphatic heterocycles. The van der Waals surface area contributed by atoms with Crippen LogP contribution in [-0.2, 0) is 6.54 Å². The van der Waals surface area contributed by atoms with Crippen LogP contribution in [0.3, 0.4) is 0 Å². The molecule has 1 aliphatic carbocycles. The second-order valence-electron chi connectivity index (χ2n) is 4.50. The van der Waals surface area contributed by atoms with E-state index in [1.807, 2.05) is 0 Å². The van der Waals surface area contributed by atoms with E-state index < -0.39 is 0 Å². The molecule has 0 atom stereocenters. The fourth-order valence-electron chi connectivity index (χ4n) is 2.41. The number of rotatable bonds is 4. The molecule has 2 rings (SSSR count). The van der Waals surface area contributed by atoms with Crippen LogP contribution in [-0.4, -0.2) is 16.4 Å². The van der Waals surface area contributed by atoms with Gasteiger partial charge in [0, 0.05) is 12.6 Å². The van der Waals surface area contributed by atoms with E-state index in [4.69, 9.17) is 12.2 Å². The highest BCUT2D eigenvalue weighted by molar-refractivity contribution is 7.78. The Morgan fingerprint density at radius 2 is 1.81 bits per heavy atom. The van der Waals surface area contributed by atoms with Gasteiger partial charge in [0.1, 0.15) is 5.49 Å². The van der Waals surface area contributed by atoms with Crippen molar-refractivity contribution in [1.82, 2.24) is 4.90 Å². The molecule has 0 aromatic heterocycles. The molecule has 0 unspecified atom stereocenters. The summed E-state index contributed by atoms with van der Waals surface area (Å²) in [6.07, 6.45) is 6.61. The minimum Gasteiger partial charge on any atom is -0.353 e. The molecule has 0 N–H and O–H groups in total. The third-order valence-electron chi connectivity index (χ3n) is 3.33. The van der Waals surface area contributed by atoms with Crippen molar-refractivity contribution in [3.63, 3.8) is 0 Å². The molecule has 0 saturated heterocycles. The second-order valence-corrected chi connectivity index (χ2v) is 4.68. The normalized spacial score (nSPS) is 17.0. The predicted octanol–water partition coefficient (Wildman–Crippen LogP) is 3.66. The van der Waals surface area contributed by atoms with Crippen molar-refractivity contribution in [2.45, 2.75) is 44.7 Å². The third kappa shape index (κ3) is 3.05. The Morgan fingerprint density at radius 3 is 2.44 bits per heavy atom. The van der Waals surface area contributed by atoms with E-state index >= 15 is 0 Å². The zero-order valence-electron chi connectivity index (χ0n) is 9.56. The maximum Gasteiger partial charge on any atom is 0.137 e. The Balaban J connectivity index is 1.97. The van der Waals surface area contributed by atoms with Gasteiger partial charge in [-0.15, -0.1) is 0 Å². The lowest BCUT2D eigenvalue weighted by Gasteiger charge is -2.32. The molecule has 0 spiro atoms. The van der Waals surface area contributed by atoms with Gasteiger partial charge in [0.25, 0.3) is 0 Å². The van der Waals surface area contributed by atoms with Crippen molar-refractivity contribution < 1.29 is 0 Å². The first-order valence-electron chi connectivity index (χ1n) is 6.08. The zero-order valence-corrected chi connectivity index (χ0v) is 10.4. The maximum absolute atomic E-state index is 5.03. The third-order valence-corrected chi connectivity index (χ3v) is 3.56. The fraction of sp³-hybridized carbons (Fsp3) is 0.500. The summed E-state index contributed by atoms with van der Waals surface area (Å²) in [5.74, 6) is 0. The molecule has 0 amide bonds. The van der Waals surface area contributed by atoms with Gasteiger partial charge in [-0.25, -0.2) is 0 Å². The second kappa shape index (κ2) is 6.00. The average molecular weight is 232 g/mol. The first-order chi connectivity index (χ1) is 7.90. The number of nitrogens with zero attached hydrogens (tertiary/aromatic N) is 1. The molecule has 1 aliphatic rings. The van der Waals surface area contributed by atoms with Gasteiger partial charge in [-0.1, -0.05) is 61.8 Å². The summed E-state index contributed by atoms with van der Waals surface area (Å²) in [6, 6.07) is 11.1. The monoisotopic (exact) mass is 232 g/mol. The highest BCUT2D eigenvalue weighted by Crippen LogP contribution is 2.23. The number of hydrogen-bond acceptors (Lipinski definition) is 1. The van der Waals surface area contributed by atoms with Crippen molar-refractivity contribution >= 4 is 17.7 Å². The minimum absolute atomic E-state index is 0.617. The van der Waals surface area contributed by atoms with Gasteiger partial charge in [0.2, 0.25) is 0 Å². The van der Waals surface area contributed by atoms with E-state index in [1.165, 1.54) is 37.7 Å². The number of benzene rings is 1. The van der Waals surface area contributed by atoms with Gasteiger partial charge in [-0.3, -0.25) is 0 Å². The van der Waals surface area contributed by atoms with Crippen molar-refractivity contribution in [3.05, 3.63) is 35.9 Å². The summed E-state index contributed by atoms with van der Waals surface area (Å²) < 4.78 is 0. The smallest absolute Gasteiger partial charge is 0.137 e. The quantitative estimate of drug-likeness (QED) is 0.576. The summed E-state index contributed by atoms with van der Waals surface area (Å²) in [6.45, 7) is 0.912. The zero-order chi connectivity index (χ0) is 11.2. The molecule has 1 aromatic rings. The van der Waals surface area contributed by atoms with E-state index in [9.17, 15) is 0 Å². The number of thiocarbonyl (C=S) groups is 1. The van der Waals surface area contributed by atoms with Gasteiger partial charge < -0.3 is 4.90 Å². The van der Waals surface area contributed by atoms with Crippen molar-refractivity contribution in [2.75, 3.05) is 0 Å². The lowest BCUT2D eigenvalue weighted by atomic mass is 9.94. The van der Waals surface area contributed by atoms with Gasteiger partial charge in [-0.05, 0) is 18.4 Å². The number of hydrogen-bond donors (Lipinski definition) is 0. The van der Waals surface area contributed by atoms with Crippen LogP contribution in [0.5, 0.6) is 0 Å². The summed E-state index contributed by atoms with van der Waals surface area (Å²) in [4.78, 5) is 2.21. The molecular formula is C14H18NS.